The Morgan fingerprint density at radius 1 is 1.29 bits per heavy atom. The minimum absolute atomic E-state index is 0.193. The molecule has 0 spiro atoms. The normalized spacial score (nSPS) is 29.9. The van der Waals surface area contributed by atoms with E-state index in [1.54, 1.807) is 11.8 Å². The van der Waals surface area contributed by atoms with Gasteiger partial charge in [-0.05, 0) is 62.5 Å². The minimum atomic E-state index is 0.193. The van der Waals surface area contributed by atoms with Crippen LogP contribution < -0.4 is 0 Å². The van der Waals surface area contributed by atoms with Crippen molar-refractivity contribution in [3.63, 3.8) is 0 Å². The number of aromatic nitrogens is 3. The molecule has 4 atom stereocenters. The molecule has 7 heteroatoms. The number of nitrogens with zero attached hydrogens (tertiary/aromatic N) is 4. The van der Waals surface area contributed by atoms with Gasteiger partial charge in [0.1, 0.15) is 0 Å². The third-order valence-electron chi connectivity index (χ3n) is 6.63. The van der Waals surface area contributed by atoms with Gasteiger partial charge in [-0.25, -0.2) is 4.68 Å². The van der Waals surface area contributed by atoms with E-state index in [4.69, 9.17) is 4.74 Å². The van der Waals surface area contributed by atoms with Crippen molar-refractivity contribution in [2.75, 3.05) is 31.7 Å². The Labute approximate surface area is 172 Å². The molecule has 1 saturated heterocycles. The number of unbranched alkanes of at least 4 members (excludes halogenated alkanes) is 1. The molecule has 1 aromatic heterocycles. The summed E-state index contributed by atoms with van der Waals surface area (Å²) < 4.78 is 8.49. The van der Waals surface area contributed by atoms with Crippen LogP contribution in [0, 0.1) is 17.8 Å². The summed E-state index contributed by atoms with van der Waals surface area (Å²) >= 11 is 1.62. The van der Waals surface area contributed by atoms with E-state index in [1.165, 1.54) is 19.3 Å². The first-order valence-electron chi connectivity index (χ1n) is 11.0. The molecule has 0 aromatic carbocycles. The molecule has 0 bridgehead atoms. The molecule has 28 heavy (non-hydrogen) atoms. The Hall–Kier alpha value is -1.08. The van der Waals surface area contributed by atoms with Crippen LogP contribution in [-0.4, -0.2) is 63.6 Å². The van der Waals surface area contributed by atoms with Crippen molar-refractivity contribution in [1.29, 1.82) is 0 Å². The molecule has 0 unspecified atom stereocenters. The first-order chi connectivity index (χ1) is 13.7. The van der Waals surface area contributed by atoms with Crippen LogP contribution in [0.3, 0.4) is 0 Å². The lowest BCUT2D eigenvalue weighted by Crippen LogP contribution is -2.38. The highest BCUT2D eigenvalue weighted by molar-refractivity contribution is 7.99. The van der Waals surface area contributed by atoms with Crippen LogP contribution in [0.5, 0.6) is 0 Å². The molecule has 0 radical (unpaired) electrons. The van der Waals surface area contributed by atoms with Gasteiger partial charge < -0.3 is 9.64 Å². The zero-order valence-corrected chi connectivity index (χ0v) is 18.1. The van der Waals surface area contributed by atoms with Crippen LogP contribution in [0.4, 0.5) is 0 Å². The summed E-state index contributed by atoms with van der Waals surface area (Å²) in [6.07, 6.45) is 12.4. The number of amides is 1. The molecule has 3 aliphatic rings. The van der Waals surface area contributed by atoms with Crippen molar-refractivity contribution in [2.45, 2.75) is 64.0 Å². The SMILES string of the molecule is CCCCc1cn([C@@H]2C[C@@H]3CN(C(=O)CSC)C[C@@H]3C[C@H]2OCC2CC2)nn1. The van der Waals surface area contributed by atoms with Crippen LogP contribution in [0.15, 0.2) is 6.20 Å². The zero-order chi connectivity index (χ0) is 19.5. The predicted molar refractivity (Wildman–Crippen MR) is 111 cm³/mol. The Morgan fingerprint density at radius 3 is 2.79 bits per heavy atom. The average Bonchev–Trinajstić information content (AvgIpc) is 3.24. The first kappa shape index (κ1) is 20.2. The van der Waals surface area contributed by atoms with Crippen LogP contribution in [0.1, 0.15) is 57.2 Å². The number of ether oxygens (including phenoxy) is 1. The molecule has 2 heterocycles. The molecule has 3 fully saturated rings. The second-order valence-electron chi connectivity index (χ2n) is 8.90. The van der Waals surface area contributed by atoms with Gasteiger partial charge in [-0.3, -0.25) is 4.79 Å². The standard InChI is InChI=1S/C21H34N4O2S/c1-3-4-5-18-12-25(23-22-18)19-8-16-10-24(21(26)14-28-2)11-17(16)9-20(19)27-13-15-6-7-15/h12,15-17,19-20H,3-11,13-14H2,1-2H3/t16-,17+,19-,20-/m1/s1. The number of hydrogen-bond acceptors (Lipinski definition) is 5. The zero-order valence-electron chi connectivity index (χ0n) is 17.3. The molecule has 4 rings (SSSR count). The molecule has 0 N–H and O–H groups in total. The van der Waals surface area contributed by atoms with Crippen molar-refractivity contribution in [1.82, 2.24) is 19.9 Å². The third-order valence-corrected chi connectivity index (χ3v) is 7.17. The summed E-state index contributed by atoms with van der Waals surface area (Å²) in [6.45, 7) is 4.88. The fourth-order valence-corrected chi connectivity index (χ4v) is 5.19. The molecule has 156 valence electrons. The van der Waals surface area contributed by atoms with E-state index in [2.05, 4.69) is 33.0 Å². The first-order valence-corrected chi connectivity index (χ1v) is 12.4. The fraction of sp³-hybridized carbons (Fsp3) is 0.857. The number of likely N-dealkylation sites (tertiary alicyclic amines) is 1. The number of aryl methyl sites for hydroxylation is 1. The van der Waals surface area contributed by atoms with Gasteiger partial charge in [0, 0.05) is 25.9 Å². The van der Waals surface area contributed by atoms with Gasteiger partial charge in [-0.15, -0.1) is 5.10 Å². The van der Waals surface area contributed by atoms with Crippen LogP contribution in [0.25, 0.3) is 0 Å². The second-order valence-corrected chi connectivity index (χ2v) is 9.77. The van der Waals surface area contributed by atoms with Gasteiger partial charge >= 0.3 is 0 Å². The van der Waals surface area contributed by atoms with Gasteiger partial charge in [0.25, 0.3) is 0 Å². The molecular formula is C21H34N4O2S. The number of fused-ring (bicyclic) bond motifs is 1. The predicted octanol–water partition coefficient (Wildman–Crippen LogP) is 3.19. The molecule has 1 aromatic rings. The molecule has 6 nitrogen and oxygen atoms in total. The lowest BCUT2D eigenvalue weighted by Gasteiger charge is -2.37. The van der Waals surface area contributed by atoms with Gasteiger partial charge in [0.05, 0.1) is 23.6 Å². The third kappa shape index (κ3) is 4.73. The minimum Gasteiger partial charge on any atom is -0.376 e. The smallest absolute Gasteiger partial charge is 0.232 e. The van der Waals surface area contributed by atoms with E-state index in [0.717, 1.165) is 57.0 Å². The number of carbonyl (C=O) groups is 1. The summed E-state index contributed by atoms with van der Waals surface area (Å²) in [6, 6.07) is 0.249. The van der Waals surface area contributed by atoms with Gasteiger partial charge in [-0.1, -0.05) is 18.6 Å². The van der Waals surface area contributed by atoms with Crippen LogP contribution in [0.2, 0.25) is 0 Å². The van der Waals surface area contributed by atoms with Gasteiger partial charge in [-0.2, -0.15) is 11.8 Å². The highest BCUT2D eigenvalue weighted by Crippen LogP contribution is 2.43. The molecule has 2 aliphatic carbocycles. The average molecular weight is 407 g/mol. The lowest BCUT2D eigenvalue weighted by molar-refractivity contribution is -0.127. The van der Waals surface area contributed by atoms with E-state index in [9.17, 15) is 4.79 Å². The van der Waals surface area contributed by atoms with Crippen molar-refractivity contribution in [3.8, 4) is 0 Å². The molecule has 1 amide bonds. The van der Waals surface area contributed by atoms with Gasteiger partial charge in [0.15, 0.2) is 0 Å². The molecular weight excluding hydrogens is 372 g/mol. The summed E-state index contributed by atoms with van der Waals surface area (Å²) in [5.41, 5.74) is 1.09. The highest BCUT2D eigenvalue weighted by atomic mass is 32.2. The summed E-state index contributed by atoms with van der Waals surface area (Å²) in [5.74, 6) is 2.76. The van der Waals surface area contributed by atoms with Gasteiger partial charge in [0.2, 0.25) is 5.91 Å². The van der Waals surface area contributed by atoms with Crippen molar-refractivity contribution in [2.24, 2.45) is 17.8 Å². The van der Waals surface area contributed by atoms with Crippen molar-refractivity contribution < 1.29 is 9.53 Å². The van der Waals surface area contributed by atoms with Crippen LogP contribution in [-0.2, 0) is 16.0 Å². The Balaban J connectivity index is 1.45. The Kier molecular flexibility index (Phi) is 6.61. The van der Waals surface area contributed by atoms with Crippen LogP contribution >= 0.6 is 11.8 Å². The van der Waals surface area contributed by atoms with E-state index in [-0.39, 0.29) is 18.1 Å². The second kappa shape index (κ2) is 9.16. The maximum Gasteiger partial charge on any atom is 0.232 e. The summed E-state index contributed by atoms with van der Waals surface area (Å²) in [4.78, 5) is 14.5. The largest absolute Gasteiger partial charge is 0.376 e. The lowest BCUT2D eigenvalue weighted by atomic mass is 9.77. The van der Waals surface area contributed by atoms with Crippen molar-refractivity contribution >= 4 is 17.7 Å². The highest BCUT2D eigenvalue weighted by Gasteiger charge is 2.45. The molecule has 1 aliphatic heterocycles. The Bertz CT molecular complexity index is 663. The Morgan fingerprint density at radius 2 is 2.07 bits per heavy atom. The van der Waals surface area contributed by atoms with E-state index in [1.807, 2.05) is 6.26 Å². The number of hydrogen-bond donors (Lipinski definition) is 0. The maximum absolute atomic E-state index is 12.4. The van der Waals surface area contributed by atoms with E-state index < -0.39 is 0 Å². The van der Waals surface area contributed by atoms with Crippen molar-refractivity contribution in [3.05, 3.63) is 11.9 Å². The quantitative estimate of drug-likeness (QED) is 0.630. The maximum atomic E-state index is 12.4. The fourth-order valence-electron chi connectivity index (χ4n) is 4.76. The summed E-state index contributed by atoms with van der Waals surface area (Å²) in [5, 5.41) is 8.90. The number of carbonyl (C=O) groups excluding carboxylic acids is 1. The topological polar surface area (TPSA) is 60.2 Å². The molecule has 2 saturated carbocycles. The van der Waals surface area contributed by atoms with E-state index >= 15 is 0 Å². The van der Waals surface area contributed by atoms with E-state index in [0.29, 0.717) is 17.6 Å². The monoisotopic (exact) mass is 406 g/mol. The number of rotatable bonds is 9. The number of thioether (sulfide) groups is 1. The summed E-state index contributed by atoms with van der Waals surface area (Å²) in [7, 11) is 0.